The summed E-state index contributed by atoms with van der Waals surface area (Å²) in [5.41, 5.74) is 2.72. The maximum atomic E-state index is 10.7. The van der Waals surface area contributed by atoms with Crippen molar-refractivity contribution >= 4 is 5.78 Å². The number of hydrogen-bond acceptors (Lipinski definition) is 1. The molecular weight excluding hydrogens is 208 g/mol. The quantitative estimate of drug-likeness (QED) is 0.529. The van der Waals surface area contributed by atoms with Crippen molar-refractivity contribution in [2.45, 2.75) is 33.1 Å². The van der Waals surface area contributed by atoms with Gasteiger partial charge in [0.1, 0.15) is 0 Å². The number of rotatable bonds is 6. The molecule has 0 spiro atoms. The van der Waals surface area contributed by atoms with Crippen LogP contribution in [0.5, 0.6) is 0 Å². The number of ketones is 1. The predicted octanol–water partition coefficient (Wildman–Crippen LogP) is 4.10. The van der Waals surface area contributed by atoms with Crippen LogP contribution in [0.15, 0.2) is 54.1 Å². The Balaban J connectivity index is 2.33. The van der Waals surface area contributed by atoms with E-state index in [1.54, 1.807) is 13.0 Å². The molecule has 0 heterocycles. The Labute approximate surface area is 104 Å². The molecule has 1 nitrogen and oxygen atoms in total. The van der Waals surface area contributed by atoms with Gasteiger partial charge in [0.15, 0.2) is 5.78 Å². The van der Waals surface area contributed by atoms with E-state index in [-0.39, 0.29) is 5.78 Å². The molecule has 0 aliphatic heterocycles. The second kappa shape index (κ2) is 7.61. The van der Waals surface area contributed by atoms with E-state index in [1.807, 2.05) is 12.1 Å². The van der Waals surface area contributed by atoms with Crippen LogP contribution in [0.3, 0.4) is 0 Å². The van der Waals surface area contributed by atoms with E-state index in [1.165, 1.54) is 11.1 Å². The first-order valence-electron chi connectivity index (χ1n) is 6.05. The average molecular weight is 228 g/mol. The minimum atomic E-state index is 0.121. The van der Waals surface area contributed by atoms with Crippen LogP contribution in [0.1, 0.15) is 32.3 Å². The molecule has 0 amide bonds. The van der Waals surface area contributed by atoms with E-state index in [2.05, 4.69) is 37.3 Å². The van der Waals surface area contributed by atoms with Crippen molar-refractivity contribution in [1.82, 2.24) is 0 Å². The third-order valence-electron chi connectivity index (χ3n) is 2.59. The first-order chi connectivity index (χ1) is 8.18. The highest BCUT2D eigenvalue weighted by Crippen LogP contribution is 2.08. The molecule has 0 aliphatic rings. The lowest BCUT2D eigenvalue weighted by Crippen LogP contribution is -1.84. The number of carbonyl (C=O) groups excluding carboxylic acids is 1. The van der Waals surface area contributed by atoms with Gasteiger partial charge in [-0.15, -0.1) is 0 Å². The molecule has 0 radical (unpaired) electrons. The highest BCUT2D eigenvalue weighted by atomic mass is 16.1. The molecule has 0 bridgehead atoms. The zero-order chi connectivity index (χ0) is 12.5. The van der Waals surface area contributed by atoms with Crippen LogP contribution in [0.2, 0.25) is 0 Å². The molecule has 0 fully saturated rings. The number of benzene rings is 1. The van der Waals surface area contributed by atoms with Gasteiger partial charge in [0.05, 0.1) is 0 Å². The Morgan fingerprint density at radius 2 is 1.88 bits per heavy atom. The summed E-state index contributed by atoms with van der Waals surface area (Å²) in [6.07, 6.45) is 8.81. The molecule has 0 saturated carbocycles. The van der Waals surface area contributed by atoms with Crippen molar-refractivity contribution < 1.29 is 4.79 Å². The van der Waals surface area contributed by atoms with Crippen LogP contribution in [0, 0.1) is 0 Å². The van der Waals surface area contributed by atoms with Crippen molar-refractivity contribution in [3.05, 3.63) is 59.7 Å². The lowest BCUT2D eigenvalue weighted by molar-refractivity contribution is -0.112. The average Bonchev–Trinajstić information content (AvgIpc) is 2.33. The van der Waals surface area contributed by atoms with Crippen LogP contribution in [-0.2, 0) is 11.2 Å². The van der Waals surface area contributed by atoms with Crippen LogP contribution < -0.4 is 0 Å². The molecule has 0 aromatic heterocycles. The van der Waals surface area contributed by atoms with E-state index in [0.29, 0.717) is 0 Å². The minimum Gasteiger partial charge on any atom is -0.295 e. The summed E-state index contributed by atoms with van der Waals surface area (Å²) in [4.78, 5) is 10.7. The molecule has 17 heavy (non-hydrogen) atoms. The Morgan fingerprint density at radius 1 is 1.18 bits per heavy atom. The van der Waals surface area contributed by atoms with Gasteiger partial charge in [0, 0.05) is 0 Å². The fraction of sp³-hybridized carbons (Fsp3) is 0.312. The molecule has 1 heteroatoms. The van der Waals surface area contributed by atoms with Gasteiger partial charge < -0.3 is 0 Å². The number of carbonyl (C=O) groups is 1. The highest BCUT2D eigenvalue weighted by Gasteiger charge is 1.91. The van der Waals surface area contributed by atoms with Gasteiger partial charge in [-0.2, -0.15) is 0 Å². The molecule has 0 unspecified atom stereocenters. The van der Waals surface area contributed by atoms with E-state index < -0.39 is 0 Å². The second-order valence-electron chi connectivity index (χ2n) is 4.29. The van der Waals surface area contributed by atoms with Gasteiger partial charge in [-0.05, 0) is 44.7 Å². The fourth-order valence-electron chi connectivity index (χ4n) is 1.57. The summed E-state index contributed by atoms with van der Waals surface area (Å²) < 4.78 is 0. The van der Waals surface area contributed by atoms with Crippen molar-refractivity contribution in [3.8, 4) is 0 Å². The molecule has 0 saturated heterocycles. The first kappa shape index (κ1) is 13.4. The molecule has 1 aromatic rings. The number of hydrogen-bond donors (Lipinski definition) is 0. The van der Waals surface area contributed by atoms with Crippen LogP contribution in [0.4, 0.5) is 0 Å². The Kier molecular flexibility index (Phi) is 6.02. The molecule has 1 aromatic carbocycles. The predicted molar refractivity (Wildman–Crippen MR) is 73.0 cm³/mol. The standard InChI is InChI=1S/C16H20O/c1-14(8-6-7-9-15(2)17)12-13-16-10-4-3-5-11-16/h3-5,7,9-12H,6,8,13H2,1-2H3/b9-7+,14-12+. The van der Waals surface area contributed by atoms with E-state index in [0.717, 1.165) is 19.3 Å². The van der Waals surface area contributed by atoms with Gasteiger partial charge >= 0.3 is 0 Å². The third kappa shape index (κ3) is 6.52. The topological polar surface area (TPSA) is 17.1 Å². The molecule has 0 aliphatic carbocycles. The molecule has 90 valence electrons. The largest absolute Gasteiger partial charge is 0.295 e. The first-order valence-corrected chi connectivity index (χ1v) is 6.05. The molecule has 0 atom stereocenters. The zero-order valence-electron chi connectivity index (χ0n) is 10.6. The summed E-state index contributed by atoms with van der Waals surface area (Å²) in [7, 11) is 0. The van der Waals surface area contributed by atoms with Crippen molar-refractivity contribution in [2.75, 3.05) is 0 Å². The summed E-state index contributed by atoms with van der Waals surface area (Å²) in [6, 6.07) is 10.4. The SMILES string of the molecule is CC(=O)/C=C/CC/C(C)=C/Cc1ccccc1. The Bertz CT molecular complexity index is 399. The van der Waals surface area contributed by atoms with Crippen LogP contribution in [0.25, 0.3) is 0 Å². The summed E-state index contributed by atoms with van der Waals surface area (Å²) in [5, 5.41) is 0. The van der Waals surface area contributed by atoms with Crippen molar-refractivity contribution in [3.63, 3.8) is 0 Å². The van der Waals surface area contributed by atoms with Gasteiger partial charge in [-0.3, -0.25) is 4.79 Å². The smallest absolute Gasteiger partial charge is 0.152 e. The van der Waals surface area contributed by atoms with Crippen molar-refractivity contribution in [1.29, 1.82) is 0 Å². The van der Waals surface area contributed by atoms with Gasteiger partial charge in [0.25, 0.3) is 0 Å². The van der Waals surface area contributed by atoms with E-state index >= 15 is 0 Å². The molecule has 0 N–H and O–H groups in total. The van der Waals surface area contributed by atoms with Gasteiger partial charge in [-0.25, -0.2) is 0 Å². The molecular formula is C16H20O. The van der Waals surface area contributed by atoms with Gasteiger partial charge in [-0.1, -0.05) is 48.1 Å². The highest BCUT2D eigenvalue weighted by molar-refractivity contribution is 5.87. The van der Waals surface area contributed by atoms with E-state index in [4.69, 9.17) is 0 Å². The maximum Gasteiger partial charge on any atom is 0.152 e. The fourth-order valence-corrected chi connectivity index (χ4v) is 1.57. The second-order valence-corrected chi connectivity index (χ2v) is 4.29. The number of allylic oxidation sites excluding steroid dienone is 4. The molecule has 1 rings (SSSR count). The monoisotopic (exact) mass is 228 g/mol. The van der Waals surface area contributed by atoms with E-state index in [9.17, 15) is 4.79 Å². The third-order valence-corrected chi connectivity index (χ3v) is 2.59. The zero-order valence-corrected chi connectivity index (χ0v) is 10.6. The normalized spacial score (nSPS) is 12.0. The lowest BCUT2D eigenvalue weighted by Gasteiger charge is -1.99. The Morgan fingerprint density at radius 3 is 2.53 bits per heavy atom. The summed E-state index contributed by atoms with van der Waals surface area (Å²) in [5.74, 6) is 0.121. The minimum absolute atomic E-state index is 0.121. The van der Waals surface area contributed by atoms with Gasteiger partial charge in [0.2, 0.25) is 0 Å². The lowest BCUT2D eigenvalue weighted by atomic mass is 10.1. The summed E-state index contributed by atoms with van der Waals surface area (Å²) in [6.45, 7) is 3.72. The van der Waals surface area contributed by atoms with Crippen molar-refractivity contribution in [2.24, 2.45) is 0 Å². The summed E-state index contributed by atoms with van der Waals surface area (Å²) >= 11 is 0. The van der Waals surface area contributed by atoms with Crippen LogP contribution >= 0.6 is 0 Å². The van der Waals surface area contributed by atoms with Crippen LogP contribution in [-0.4, -0.2) is 5.78 Å². The maximum absolute atomic E-state index is 10.7. The Hall–Kier alpha value is -1.63.